The lowest BCUT2D eigenvalue weighted by molar-refractivity contribution is -0.112. The zero-order chi connectivity index (χ0) is 19.3. The Morgan fingerprint density at radius 2 is 1.85 bits per heavy atom. The van der Waals surface area contributed by atoms with E-state index in [0.29, 0.717) is 16.5 Å². The van der Waals surface area contributed by atoms with Crippen LogP contribution in [-0.4, -0.2) is 13.0 Å². The summed E-state index contributed by atoms with van der Waals surface area (Å²) in [6.45, 7) is 6.39. The van der Waals surface area contributed by atoms with Gasteiger partial charge in [-0.2, -0.15) is 5.26 Å². The standard InChI is InChI=1S/C21H21ClN2O2/c1-21(2,3)16-7-5-14(6-8-16)11-15(13-23)20(25)24-18-12-17(22)9-10-19(18)26-4/h5-12H,1-4H3,(H,24,25)/b15-11+. The van der Waals surface area contributed by atoms with Crippen LogP contribution in [0.2, 0.25) is 5.02 Å². The molecule has 0 spiro atoms. The zero-order valence-electron chi connectivity index (χ0n) is 15.3. The number of nitriles is 1. The highest BCUT2D eigenvalue weighted by molar-refractivity contribution is 6.31. The number of hydrogen-bond acceptors (Lipinski definition) is 3. The molecule has 0 aliphatic rings. The quantitative estimate of drug-likeness (QED) is 0.596. The maximum absolute atomic E-state index is 12.5. The molecule has 1 amide bonds. The van der Waals surface area contributed by atoms with Crippen LogP contribution in [-0.2, 0) is 10.2 Å². The largest absolute Gasteiger partial charge is 0.495 e. The van der Waals surface area contributed by atoms with Gasteiger partial charge in [0.2, 0.25) is 0 Å². The lowest BCUT2D eigenvalue weighted by Crippen LogP contribution is -2.14. The first kappa shape index (κ1) is 19.6. The van der Waals surface area contributed by atoms with Gasteiger partial charge in [-0.25, -0.2) is 0 Å². The second-order valence-corrected chi connectivity index (χ2v) is 7.28. The molecule has 0 saturated heterocycles. The fourth-order valence-corrected chi connectivity index (χ4v) is 2.53. The molecule has 0 heterocycles. The fraction of sp³-hybridized carbons (Fsp3) is 0.238. The molecule has 2 aromatic rings. The van der Waals surface area contributed by atoms with Crippen LogP contribution in [0.5, 0.6) is 5.75 Å². The van der Waals surface area contributed by atoms with Crippen molar-refractivity contribution in [3.8, 4) is 11.8 Å². The van der Waals surface area contributed by atoms with Crippen LogP contribution in [0.15, 0.2) is 48.0 Å². The minimum atomic E-state index is -0.520. The molecule has 0 aromatic heterocycles. The summed E-state index contributed by atoms with van der Waals surface area (Å²) >= 11 is 5.97. The Hall–Kier alpha value is -2.77. The number of nitrogens with one attached hydrogen (secondary N) is 1. The highest BCUT2D eigenvalue weighted by atomic mass is 35.5. The average molecular weight is 369 g/mol. The number of methoxy groups -OCH3 is 1. The number of carbonyl (C=O) groups is 1. The molecule has 26 heavy (non-hydrogen) atoms. The van der Waals surface area contributed by atoms with Crippen molar-refractivity contribution in [3.05, 3.63) is 64.2 Å². The molecule has 4 nitrogen and oxygen atoms in total. The number of halogens is 1. The van der Waals surface area contributed by atoms with E-state index in [9.17, 15) is 10.1 Å². The van der Waals surface area contributed by atoms with Crippen molar-refractivity contribution >= 4 is 29.3 Å². The summed E-state index contributed by atoms with van der Waals surface area (Å²) < 4.78 is 5.20. The maximum atomic E-state index is 12.5. The third-order valence-corrected chi connectivity index (χ3v) is 4.10. The SMILES string of the molecule is COc1ccc(Cl)cc1NC(=O)/C(C#N)=C/c1ccc(C(C)(C)C)cc1. The van der Waals surface area contributed by atoms with Gasteiger partial charge in [-0.15, -0.1) is 0 Å². The van der Waals surface area contributed by atoms with Gasteiger partial charge < -0.3 is 10.1 Å². The van der Waals surface area contributed by atoms with Crippen LogP contribution in [0.3, 0.4) is 0 Å². The van der Waals surface area contributed by atoms with E-state index < -0.39 is 5.91 Å². The Morgan fingerprint density at radius 1 is 1.19 bits per heavy atom. The van der Waals surface area contributed by atoms with E-state index in [1.54, 1.807) is 24.3 Å². The molecular formula is C21H21ClN2O2. The summed E-state index contributed by atoms with van der Waals surface area (Å²) in [7, 11) is 1.50. The smallest absolute Gasteiger partial charge is 0.266 e. The molecule has 2 rings (SSSR count). The van der Waals surface area contributed by atoms with Gasteiger partial charge in [0.15, 0.2) is 0 Å². The Morgan fingerprint density at radius 3 is 2.38 bits per heavy atom. The Balaban J connectivity index is 2.25. The van der Waals surface area contributed by atoms with E-state index in [0.717, 1.165) is 5.56 Å². The van der Waals surface area contributed by atoms with Crippen molar-refractivity contribution in [2.45, 2.75) is 26.2 Å². The molecule has 0 atom stereocenters. The monoisotopic (exact) mass is 368 g/mol. The van der Waals surface area contributed by atoms with E-state index in [4.69, 9.17) is 16.3 Å². The van der Waals surface area contributed by atoms with Crippen LogP contribution < -0.4 is 10.1 Å². The van der Waals surface area contributed by atoms with Gasteiger partial charge in [0, 0.05) is 5.02 Å². The van der Waals surface area contributed by atoms with Gasteiger partial charge in [0.1, 0.15) is 17.4 Å². The normalized spacial score (nSPS) is 11.6. The summed E-state index contributed by atoms with van der Waals surface area (Å²) in [6, 6.07) is 14.6. The Bertz CT molecular complexity index is 872. The lowest BCUT2D eigenvalue weighted by atomic mass is 9.86. The predicted octanol–water partition coefficient (Wildman–Crippen LogP) is 5.19. The lowest BCUT2D eigenvalue weighted by Gasteiger charge is -2.18. The number of nitrogens with zero attached hydrogens (tertiary/aromatic N) is 1. The first-order valence-corrected chi connectivity index (χ1v) is 8.49. The maximum Gasteiger partial charge on any atom is 0.266 e. The van der Waals surface area contributed by atoms with Gasteiger partial charge in [0.05, 0.1) is 12.8 Å². The van der Waals surface area contributed by atoms with E-state index >= 15 is 0 Å². The minimum Gasteiger partial charge on any atom is -0.495 e. The van der Waals surface area contributed by atoms with Crippen LogP contribution in [0, 0.1) is 11.3 Å². The molecule has 0 radical (unpaired) electrons. The summed E-state index contributed by atoms with van der Waals surface area (Å²) in [5.74, 6) is -0.0532. The summed E-state index contributed by atoms with van der Waals surface area (Å²) in [5, 5.41) is 12.5. The van der Waals surface area contributed by atoms with Crippen molar-refractivity contribution in [3.63, 3.8) is 0 Å². The number of carbonyl (C=O) groups excluding carboxylic acids is 1. The molecule has 0 aliphatic carbocycles. The number of ether oxygens (including phenoxy) is 1. The molecule has 0 aliphatic heterocycles. The zero-order valence-corrected chi connectivity index (χ0v) is 16.0. The Labute approximate surface area is 159 Å². The minimum absolute atomic E-state index is 0.00413. The Kier molecular flexibility index (Phi) is 6.07. The molecule has 0 fully saturated rings. The number of benzene rings is 2. The molecule has 0 bridgehead atoms. The summed E-state index contributed by atoms with van der Waals surface area (Å²) in [6.07, 6.45) is 1.55. The van der Waals surface area contributed by atoms with Gasteiger partial charge in [-0.1, -0.05) is 56.6 Å². The average Bonchev–Trinajstić information content (AvgIpc) is 2.59. The third-order valence-electron chi connectivity index (χ3n) is 3.86. The van der Waals surface area contributed by atoms with Crippen LogP contribution in [0.4, 0.5) is 5.69 Å². The van der Waals surface area contributed by atoms with Crippen molar-refractivity contribution < 1.29 is 9.53 Å². The van der Waals surface area contributed by atoms with E-state index in [1.807, 2.05) is 30.3 Å². The van der Waals surface area contributed by atoms with Gasteiger partial charge in [-0.3, -0.25) is 4.79 Å². The van der Waals surface area contributed by atoms with Crippen molar-refractivity contribution in [1.29, 1.82) is 5.26 Å². The predicted molar refractivity (Wildman–Crippen MR) is 105 cm³/mol. The molecule has 1 N–H and O–H groups in total. The molecule has 0 unspecified atom stereocenters. The summed E-state index contributed by atoms with van der Waals surface area (Å²) in [5.41, 5.74) is 2.41. The molecule has 0 saturated carbocycles. The fourth-order valence-electron chi connectivity index (χ4n) is 2.36. The highest BCUT2D eigenvalue weighted by Crippen LogP contribution is 2.28. The van der Waals surface area contributed by atoms with Crippen LogP contribution in [0.25, 0.3) is 6.08 Å². The van der Waals surface area contributed by atoms with E-state index in [2.05, 4.69) is 26.1 Å². The second kappa shape index (κ2) is 8.07. The number of rotatable bonds is 4. The molecule has 5 heteroatoms. The van der Waals surface area contributed by atoms with Gasteiger partial charge in [0.25, 0.3) is 5.91 Å². The molecule has 134 valence electrons. The van der Waals surface area contributed by atoms with Gasteiger partial charge in [-0.05, 0) is 40.8 Å². The van der Waals surface area contributed by atoms with Crippen molar-refractivity contribution in [2.24, 2.45) is 0 Å². The first-order chi connectivity index (χ1) is 12.2. The summed E-state index contributed by atoms with van der Waals surface area (Å²) in [4.78, 5) is 12.5. The van der Waals surface area contributed by atoms with Crippen LogP contribution >= 0.6 is 11.6 Å². The number of amides is 1. The van der Waals surface area contributed by atoms with Gasteiger partial charge >= 0.3 is 0 Å². The first-order valence-electron chi connectivity index (χ1n) is 8.12. The van der Waals surface area contributed by atoms with E-state index in [-0.39, 0.29) is 11.0 Å². The number of anilines is 1. The molecular weight excluding hydrogens is 348 g/mol. The number of hydrogen-bond donors (Lipinski definition) is 1. The molecule has 2 aromatic carbocycles. The van der Waals surface area contributed by atoms with Crippen molar-refractivity contribution in [2.75, 3.05) is 12.4 Å². The van der Waals surface area contributed by atoms with Crippen molar-refractivity contribution in [1.82, 2.24) is 0 Å². The van der Waals surface area contributed by atoms with Crippen LogP contribution in [0.1, 0.15) is 31.9 Å². The third kappa shape index (κ3) is 4.87. The highest BCUT2D eigenvalue weighted by Gasteiger charge is 2.15. The second-order valence-electron chi connectivity index (χ2n) is 6.84. The van der Waals surface area contributed by atoms with E-state index in [1.165, 1.54) is 12.7 Å². The topological polar surface area (TPSA) is 62.1 Å².